The molecule has 0 heterocycles. The molecule has 0 aromatic heterocycles. The van der Waals surface area contributed by atoms with Crippen LogP contribution in [0, 0.1) is 0 Å². The zero-order valence-electron chi connectivity index (χ0n) is 21.5. The molecule has 1 nitrogen and oxygen atoms in total. The normalized spacial score (nSPS) is 12.2. The van der Waals surface area contributed by atoms with Gasteiger partial charge < -0.3 is 0 Å². The van der Waals surface area contributed by atoms with E-state index in [-0.39, 0.29) is 0 Å². The van der Waals surface area contributed by atoms with Crippen LogP contribution in [0.5, 0.6) is 0 Å². The van der Waals surface area contributed by atoms with E-state index < -0.39 is 0 Å². The average molecular weight is 410 g/mol. The van der Waals surface area contributed by atoms with Gasteiger partial charge in [-0.05, 0) is 46.2 Å². The second-order valence-corrected chi connectivity index (χ2v) is 10.2. The highest BCUT2D eigenvalue weighted by Gasteiger charge is 2.24. The summed E-state index contributed by atoms with van der Waals surface area (Å²) in [5.41, 5.74) is 0.384. The van der Waals surface area contributed by atoms with Crippen molar-refractivity contribution in [3.8, 4) is 0 Å². The van der Waals surface area contributed by atoms with Gasteiger partial charge in [-0.15, -0.1) is 0 Å². The Morgan fingerprint density at radius 3 is 1.03 bits per heavy atom. The van der Waals surface area contributed by atoms with E-state index in [1.54, 1.807) is 0 Å². The summed E-state index contributed by atoms with van der Waals surface area (Å²) < 4.78 is 0. The lowest BCUT2D eigenvalue weighted by molar-refractivity contribution is 0.105. The van der Waals surface area contributed by atoms with Crippen LogP contribution < -0.4 is 0 Å². The molecule has 0 saturated heterocycles. The average Bonchev–Trinajstić information content (AvgIpc) is 2.69. The molecular weight excluding hydrogens is 350 g/mol. The Kier molecular flexibility index (Phi) is 21.2. The van der Waals surface area contributed by atoms with Crippen LogP contribution in [-0.2, 0) is 0 Å². The maximum atomic E-state index is 2.83. The van der Waals surface area contributed by atoms with E-state index in [4.69, 9.17) is 0 Å². The Balaban J connectivity index is 3.91. The highest BCUT2D eigenvalue weighted by Crippen LogP contribution is 2.23. The Hall–Kier alpha value is -0.0400. The van der Waals surface area contributed by atoms with Crippen LogP contribution in [-0.4, -0.2) is 23.5 Å². The monoisotopic (exact) mass is 409 g/mol. The molecule has 0 rings (SSSR count). The highest BCUT2D eigenvalue weighted by atomic mass is 15.2. The first kappa shape index (κ1) is 29.0. The molecule has 0 aromatic rings. The van der Waals surface area contributed by atoms with Crippen molar-refractivity contribution in [2.24, 2.45) is 0 Å². The van der Waals surface area contributed by atoms with E-state index in [0.29, 0.717) is 5.54 Å². The van der Waals surface area contributed by atoms with Gasteiger partial charge in [-0.25, -0.2) is 0 Å². The topological polar surface area (TPSA) is 3.24 Å². The lowest BCUT2D eigenvalue weighted by Gasteiger charge is -2.39. The lowest BCUT2D eigenvalue weighted by atomic mass is 9.95. The van der Waals surface area contributed by atoms with E-state index in [1.165, 1.54) is 142 Å². The van der Waals surface area contributed by atoms with Crippen LogP contribution in [0.3, 0.4) is 0 Å². The number of nitrogens with zero attached hydrogens (tertiary/aromatic N) is 1. The van der Waals surface area contributed by atoms with E-state index in [0.717, 1.165) is 0 Å². The molecule has 0 amide bonds. The molecule has 0 spiro atoms. The molecule has 0 aliphatic carbocycles. The first-order chi connectivity index (χ1) is 14.1. The van der Waals surface area contributed by atoms with Crippen LogP contribution in [0.1, 0.15) is 163 Å². The Morgan fingerprint density at radius 2 is 0.724 bits per heavy atom. The van der Waals surface area contributed by atoms with Gasteiger partial charge in [-0.3, -0.25) is 4.90 Å². The van der Waals surface area contributed by atoms with Crippen molar-refractivity contribution >= 4 is 0 Å². The maximum absolute atomic E-state index is 2.83. The van der Waals surface area contributed by atoms with Crippen molar-refractivity contribution in [1.82, 2.24) is 4.90 Å². The van der Waals surface area contributed by atoms with Gasteiger partial charge in [-0.1, -0.05) is 130 Å². The minimum atomic E-state index is 0.384. The minimum absolute atomic E-state index is 0.384. The predicted octanol–water partition coefficient (Wildman–Crippen LogP) is 9.93. The summed E-state index contributed by atoms with van der Waals surface area (Å²) in [5, 5.41) is 0. The molecule has 0 fully saturated rings. The summed E-state index contributed by atoms with van der Waals surface area (Å²) in [4.78, 5) is 2.83. The van der Waals surface area contributed by atoms with Crippen molar-refractivity contribution in [3.05, 3.63) is 0 Å². The maximum Gasteiger partial charge on any atom is 0.0153 e. The molecule has 0 bridgehead atoms. The number of hydrogen-bond acceptors (Lipinski definition) is 1. The summed E-state index contributed by atoms with van der Waals surface area (Å²) >= 11 is 0. The number of unbranched alkanes of at least 4 members (excludes halogenated alkanes) is 16. The van der Waals surface area contributed by atoms with Gasteiger partial charge in [0.2, 0.25) is 0 Å². The Bertz CT molecular complexity index is 287. The summed E-state index contributed by atoms with van der Waals surface area (Å²) in [5.74, 6) is 0. The van der Waals surface area contributed by atoms with Gasteiger partial charge in [0.05, 0.1) is 0 Å². The fourth-order valence-corrected chi connectivity index (χ4v) is 4.71. The third-order valence-electron chi connectivity index (χ3n) is 6.78. The fraction of sp³-hybridized carbons (Fsp3) is 1.00. The second kappa shape index (κ2) is 21.2. The third-order valence-corrected chi connectivity index (χ3v) is 6.78. The number of rotatable bonds is 23. The van der Waals surface area contributed by atoms with Crippen molar-refractivity contribution in [2.75, 3.05) is 13.1 Å². The molecule has 0 saturated carbocycles. The van der Waals surface area contributed by atoms with E-state index in [9.17, 15) is 0 Å². The molecule has 0 unspecified atom stereocenters. The molecule has 0 radical (unpaired) electrons. The summed E-state index contributed by atoms with van der Waals surface area (Å²) in [6.45, 7) is 14.6. The first-order valence-electron chi connectivity index (χ1n) is 13.8. The standard InChI is InChI=1S/C28H59N/c1-6-9-11-13-15-17-19-21-23-26-29(28(4,5)25-8-3)27-24-22-20-18-16-14-12-10-7-2/h6-27H2,1-5H3. The van der Waals surface area contributed by atoms with E-state index >= 15 is 0 Å². The van der Waals surface area contributed by atoms with Crippen molar-refractivity contribution in [2.45, 2.75) is 169 Å². The predicted molar refractivity (Wildman–Crippen MR) is 135 cm³/mol. The Labute approximate surface area is 186 Å². The SMILES string of the molecule is CCCCCCCCCCCN(CCCCCCCCCCC)C(C)(C)CCC. The van der Waals surface area contributed by atoms with Crippen molar-refractivity contribution < 1.29 is 0 Å². The minimum Gasteiger partial charge on any atom is -0.298 e. The molecule has 29 heavy (non-hydrogen) atoms. The van der Waals surface area contributed by atoms with Crippen molar-refractivity contribution in [3.63, 3.8) is 0 Å². The molecule has 0 aromatic carbocycles. The first-order valence-corrected chi connectivity index (χ1v) is 13.8. The molecule has 0 aliphatic rings. The van der Waals surface area contributed by atoms with Crippen molar-refractivity contribution in [1.29, 1.82) is 0 Å². The van der Waals surface area contributed by atoms with Gasteiger partial charge in [0.1, 0.15) is 0 Å². The molecule has 0 N–H and O–H groups in total. The van der Waals surface area contributed by atoms with Crippen LogP contribution in [0.2, 0.25) is 0 Å². The summed E-state index contributed by atoms with van der Waals surface area (Å²) in [7, 11) is 0. The van der Waals surface area contributed by atoms with Crippen LogP contribution in [0.4, 0.5) is 0 Å². The Morgan fingerprint density at radius 1 is 0.414 bits per heavy atom. The molecule has 176 valence electrons. The van der Waals surface area contributed by atoms with Crippen LogP contribution in [0.15, 0.2) is 0 Å². The molecule has 0 aliphatic heterocycles. The molecule has 0 atom stereocenters. The largest absolute Gasteiger partial charge is 0.298 e. The molecule has 1 heteroatoms. The number of hydrogen-bond donors (Lipinski definition) is 0. The highest BCUT2D eigenvalue weighted by molar-refractivity contribution is 4.81. The van der Waals surface area contributed by atoms with Gasteiger partial charge in [0.15, 0.2) is 0 Å². The van der Waals surface area contributed by atoms with Crippen LogP contribution in [0.25, 0.3) is 0 Å². The van der Waals surface area contributed by atoms with Crippen LogP contribution >= 0.6 is 0 Å². The van der Waals surface area contributed by atoms with Gasteiger partial charge in [0.25, 0.3) is 0 Å². The smallest absolute Gasteiger partial charge is 0.0153 e. The van der Waals surface area contributed by atoms with E-state index in [1.807, 2.05) is 0 Å². The van der Waals surface area contributed by atoms with Gasteiger partial charge in [0, 0.05) is 5.54 Å². The lowest BCUT2D eigenvalue weighted by Crippen LogP contribution is -2.45. The third kappa shape index (κ3) is 18.4. The fourth-order valence-electron chi connectivity index (χ4n) is 4.71. The zero-order chi connectivity index (χ0) is 21.6. The van der Waals surface area contributed by atoms with Gasteiger partial charge in [-0.2, -0.15) is 0 Å². The molecular formula is C28H59N. The quantitative estimate of drug-likeness (QED) is 0.152. The summed E-state index contributed by atoms with van der Waals surface area (Å²) in [6, 6.07) is 0. The zero-order valence-corrected chi connectivity index (χ0v) is 21.5. The van der Waals surface area contributed by atoms with Gasteiger partial charge >= 0.3 is 0 Å². The van der Waals surface area contributed by atoms with E-state index in [2.05, 4.69) is 39.5 Å². The summed E-state index contributed by atoms with van der Waals surface area (Å²) in [6.07, 6.45) is 28.5. The second-order valence-electron chi connectivity index (χ2n) is 10.2.